The van der Waals surface area contributed by atoms with Gasteiger partial charge in [0.15, 0.2) is 0 Å². The maximum atomic E-state index is 4.63. The normalized spacial score (nSPS) is 10.5. The van der Waals surface area contributed by atoms with E-state index in [4.69, 9.17) is 0 Å². The lowest BCUT2D eigenvalue weighted by molar-refractivity contribution is 0.758. The topological polar surface area (TPSA) is 44.3 Å². The Bertz CT molecular complexity index is 622. The van der Waals surface area contributed by atoms with E-state index in [-0.39, 0.29) is 0 Å². The van der Waals surface area contributed by atoms with Gasteiger partial charge in [0.2, 0.25) is 5.95 Å². The van der Waals surface area contributed by atoms with Crippen LogP contribution >= 0.6 is 0 Å². The second-order valence-electron chi connectivity index (χ2n) is 6.03. The summed E-state index contributed by atoms with van der Waals surface area (Å²) in [4.78, 5) is 13.4. The Morgan fingerprint density at radius 1 is 1.04 bits per heavy atom. The molecular weight excluding hydrogens is 286 g/mol. The molecule has 0 atom stereocenters. The fourth-order valence-electron chi connectivity index (χ4n) is 2.29. The maximum Gasteiger partial charge on any atom is 0.229 e. The zero-order valence-corrected chi connectivity index (χ0v) is 14.8. The summed E-state index contributed by atoms with van der Waals surface area (Å²) >= 11 is 0. The molecule has 0 fully saturated rings. The van der Waals surface area contributed by atoms with Crippen LogP contribution in [0.4, 0.5) is 23.1 Å². The number of hydrogen-bond donors (Lipinski definition) is 1. The van der Waals surface area contributed by atoms with Gasteiger partial charge in [0.1, 0.15) is 5.82 Å². The van der Waals surface area contributed by atoms with Gasteiger partial charge in [-0.15, -0.1) is 0 Å². The lowest BCUT2D eigenvalue weighted by atomic mass is 10.2. The molecule has 0 unspecified atom stereocenters. The lowest BCUT2D eigenvalue weighted by Crippen LogP contribution is -2.20. The summed E-state index contributed by atoms with van der Waals surface area (Å²) in [5, 5.41) is 3.29. The number of nitrogens with zero attached hydrogens (tertiary/aromatic N) is 4. The molecule has 0 bridgehead atoms. The number of aryl methyl sites for hydroxylation is 1. The first kappa shape index (κ1) is 17.1. The Hall–Kier alpha value is -2.30. The molecule has 1 heterocycles. The van der Waals surface area contributed by atoms with Crippen molar-refractivity contribution in [1.82, 2.24) is 9.97 Å². The Morgan fingerprint density at radius 3 is 2.35 bits per heavy atom. The minimum atomic E-state index is 0.640. The highest BCUT2D eigenvalue weighted by Crippen LogP contribution is 2.20. The molecule has 0 aliphatic rings. The Morgan fingerprint density at radius 2 is 1.74 bits per heavy atom. The largest absolute Gasteiger partial charge is 0.378 e. The van der Waals surface area contributed by atoms with Crippen LogP contribution in [-0.4, -0.2) is 37.7 Å². The van der Waals surface area contributed by atoms with Gasteiger partial charge in [-0.1, -0.05) is 13.3 Å². The highest BCUT2D eigenvalue weighted by atomic mass is 15.2. The van der Waals surface area contributed by atoms with Gasteiger partial charge in [-0.2, -0.15) is 4.98 Å². The van der Waals surface area contributed by atoms with E-state index in [0.717, 1.165) is 30.2 Å². The molecule has 0 amide bonds. The lowest BCUT2D eigenvalue weighted by Gasteiger charge is -2.19. The van der Waals surface area contributed by atoms with Crippen LogP contribution in [0.1, 0.15) is 25.5 Å². The molecule has 0 radical (unpaired) electrons. The van der Waals surface area contributed by atoms with Crippen LogP contribution in [-0.2, 0) is 0 Å². The molecule has 2 rings (SSSR count). The number of hydrogen-bond acceptors (Lipinski definition) is 5. The summed E-state index contributed by atoms with van der Waals surface area (Å²) in [6, 6.07) is 10.3. The number of benzene rings is 1. The molecule has 1 aromatic heterocycles. The van der Waals surface area contributed by atoms with Crippen molar-refractivity contribution < 1.29 is 0 Å². The number of aromatic nitrogens is 2. The average Bonchev–Trinajstić information content (AvgIpc) is 2.52. The molecule has 1 aromatic carbocycles. The summed E-state index contributed by atoms with van der Waals surface area (Å²) in [6.07, 6.45) is 2.34. The molecule has 0 saturated heterocycles. The van der Waals surface area contributed by atoms with Crippen molar-refractivity contribution in [3.63, 3.8) is 0 Å². The van der Waals surface area contributed by atoms with Crippen LogP contribution in [0.2, 0.25) is 0 Å². The third-order valence-electron chi connectivity index (χ3n) is 3.72. The first-order chi connectivity index (χ1) is 11.0. The summed E-state index contributed by atoms with van der Waals surface area (Å²) in [5.41, 5.74) is 3.12. The van der Waals surface area contributed by atoms with Crippen molar-refractivity contribution >= 4 is 23.1 Å². The minimum Gasteiger partial charge on any atom is -0.378 e. The van der Waals surface area contributed by atoms with Gasteiger partial charge < -0.3 is 15.1 Å². The summed E-state index contributed by atoms with van der Waals surface area (Å²) in [5.74, 6) is 1.60. The standard InChI is InChI=1S/C18H27N5/c1-6-7-12-23(5)17-13-14(2)19-18(21-17)20-15-8-10-16(11-9-15)22(3)4/h8-11,13H,6-7,12H2,1-5H3,(H,19,20,21). The predicted molar refractivity (Wildman–Crippen MR) is 99.0 cm³/mol. The number of anilines is 4. The highest BCUT2D eigenvalue weighted by molar-refractivity contribution is 5.60. The molecular formula is C18H27N5. The fraction of sp³-hybridized carbons (Fsp3) is 0.444. The number of unbranched alkanes of at least 4 members (excludes halogenated alkanes) is 1. The fourth-order valence-corrected chi connectivity index (χ4v) is 2.29. The molecule has 0 aliphatic heterocycles. The van der Waals surface area contributed by atoms with Crippen molar-refractivity contribution in [1.29, 1.82) is 0 Å². The van der Waals surface area contributed by atoms with E-state index < -0.39 is 0 Å². The third-order valence-corrected chi connectivity index (χ3v) is 3.72. The van der Waals surface area contributed by atoms with E-state index in [2.05, 4.69) is 51.2 Å². The van der Waals surface area contributed by atoms with E-state index in [1.807, 2.05) is 39.2 Å². The molecule has 0 aliphatic carbocycles. The first-order valence-electron chi connectivity index (χ1n) is 8.11. The Kier molecular flexibility index (Phi) is 5.79. The van der Waals surface area contributed by atoms with Crippen molar-refractivity contribution in [2.75, 3.05) is 42.8 Å². The quantitative estimate of drug-likeness (QED) is 0.841. The zero-order valence-electron chi connectivity index (χ0n) is 14.8. The second kappa shape index (κ2) is 7.81. The Balaban J connectivity index is 2.14. The molecule has 0 saturated carbocycles. The monoisotopic (exact) mass is 313 g/mol. The average molecular weight is 313 g/mol. The van der Waals surface area contributed by atoms with E-state index in [9.17, 15) is 0 Å². The van der Waals surface area contributed by atoms with Gasteiger partial charge in [0.25, 0.3) is 0 Å². The van der Waals surface area contributed by atoms with Crippen LogP contribution < -0.4 is 15.1 Å². The molecule has 23 heavy (non-hydrogen) atoms. The van der Waals surface area contributed by atoms with Crippen LogP contribution in [0.15, 0.2) is 30.3 Å². The summed E-state index contributed by atoms with van der Waals surface area (Å²) < 4.78 is 0. The van der Waals surface area contributed by atoms with E-state index in [1.165, 1.54) is 12.1 Å². The van der Waals surface area contributed by atoms with Gasteiger partial charge in [-0.3, -0.25) is 0 Å². The van der Waals surface area contributed by atoms with E-state index in [0.29, 0.717) is 5.95 Å². The van der Waals surface area contributed by atoms with Crippen LogP contribution in [0, 0.1) is 6.92 Å². The summed E-state index contributed by atoms with van der Waals surface area (Å²) in [6.45, 7) is 5.20. The minimum absolute atomic E-state index is 0.640. The number of rotatable bonds is 7. The first-order valence-corrected chi connectivity index (χ1v) is 8.11. The molecule has 0 spiro atoms. The van der Waals surface area contributed by atoms with Gasteiger partial charge >= 0.3 is 0 Å². The maximum absolute atomic E-state index is 4.63. The van der Waals surface area contributed by atoms with Crippen molar-refractivity contribution in [3.8, 4) is 0 Å². The number of nitrogens with one attached hydrogen (secondary N) is 1. The van der Waals surface area contributed by atoms with Gasteiger partial charge in [0, 0.05) is 50.8 Å². The van der Waals surface area contributed by atoms with E-state index >= 15 is 0 Å². The molecule has 5 nitrogen and oxygen atoms in total. The zero-order chi connectivity index (χ0) is 16.8. The second-order valence-corrected chi connectivity index (χ2v) is 6.03. The van der Waals surface area contributed by atoms with Crippen LogP contribution in [0.3, 0.4) is 0 Å². The molecule has 1 N–H and O–H groups in total. The van der Waals surface area contributed by atoms with Crippen LogP contribution in [0.5, 0.6) is 0 Å². The van der Waals surface area contributed by atoms with Crippen molar-refractivity contribution in [2.45, 2.75) is 26.7 Å². The smallest absolute Gasteiger partial charge is 0.229 e. The van der Waals surface area contributed by atoms with Gasteiger partial charge in [0.05, 0.1) is 0 Å². The Labute approximate surface area is 139 Å². The van der Waals surface area contributed by atoms with Crippen molar-refractivity contribution in [3.05, 3.63) is 36.0 Å². The van der Waals surface area contributed by atoms with Gasteiger partial charge in [-0.05, 0) is 37.6 Å². The van der Waals surface area contributed by atoms with Gasteiger partial charge in [-0.25, -0.2) is 4.98 Å². The molecule has 124 valence electrons. The van der Waals surface area contributed by atoms with Crippen LogP contribution in [0.25, 0.3) is 0 Å². The molecule has 5 heteroatoms. The SMILES string of the molecule is CCCCN(C)c1cc(C)nc(Nc2ccc(N(C)C)cc2)n1. The molecule has 2 aromatic rings. The predicted octanol–water partition coefficient (Wildman–Crippen LogP) is 3.83. The van der Waals surface area contributed by atoms with Crippen molar-refractivity contribution in [2.24, 2.45) is 0 Å². The highest BCUT2D eigenvalue weighted by Gasteiger charge is 2.07. The summed E-state index contributed by atoms with van der Waals surface area (Å²) in [7, 11) is 6.14. The third kappa shape index (κ3) is 4.84. The van der Waals surface area contributed by atoms with E-state index in [1.54, 1.807) is 0 Å².